The number of benzene rings is 2. The number of nitrogens with one attached hydrogen (secondary N) is 1. The zero-order chi connectivity index (χ0) is 34.8. The van der Waals surface area contributed by atoms with Gasteiger partial charge in [-0.1, -0.05) is 37.5 Å². The summed E-state index contributed by atoms with van der Waals surface area (Å²) >= 11 is 0. The summed E-state index contributed by atoms with van der Waals surface area (Å²) in [5.41, 5.74) is 3.31. The Morgan fingerprint density at radius 1 is 0.980 bits per heavy atom. The lowest BCUT2D eigenvalue weighted by molar-refractivity contribution is -0.274. The van der Waals surface area contributed by atoms with Crippen LogP contribution in [0.2, 0.25) is 0 Å². The molecule has 1 aliphatic carbocycles. The third-order valence-corrected chi connectivity index (χ3v) is 12.1. The minimum absolute atomic E-state index is 0.0419. The van der Waals surface area contributed by atoms with E-state index in [1.807, 2.05) is 9.47 Å². The van der Waals surface area contributed by atoms with Crippen LogP contribution in [-0.4, -0.2) is 91.6 Å². The summed E-state index contributed by atoms with van der Waals surface area (Å²) < 4.78 is 75.9. The Bertz CT molecular complexity index is 1950. The number of piperazine rings is 1. The van der Waals surface area contributed by atoms with E-state index in [1.165, 1.54) is 26.2 Å². The summed E-state index contributed by atoms with van der Waals surface area (Å²) in [6, 6.07) is 9.95. The van der Waals surface area contributed by atoms with E-state index in [1.54, 1.807) is 30.3 Å². The van der Waals surface area contributed by atoms with Crippen molar-refractivity contribution in [3.05, 3.63) is 58.7 Å². The highest BCUT2D eigenvalue weighted by Gasteiger charge is 2.41. The molecule has 0 radical (unpaired) electrons. The maximum Gasteiger partial charge on any atom is 0.573 e. The monoisotopic (exact) mass is 699 g/mol. The fourth-order valence-electron chi connectivity index (χ4n) is 8.16. The van der Waals surface area contributed by atoms with Gasteiger partial charge in [-0.15, -0.1) is 13.2 Å². The Hall–Kier alpha value is -3.88. The summed E-state index contributed by atoms with van der Waals surface area (Å²) in [6.07, 6.45) is 3.38. The number of aromatic nitrogens is 1. The average Bonchev–Trinajstić information content (AvgIpc) is 3.36. The zero-order valence-corrected chi connectivity index (χ0v) is 28.5. The number of hydrogen-bond acceptors (Lipinski definition) is 6. The predicted octanol–water partition coefficient (Wildman–Crippen LogP) is 5.49. The number of carbonyl (C=O) groups is 2. The van der Waals surface area contributed by atoms with Gasteiger partial charge in [-0.05, 0) is 68.5 Å². The number of amides is 2. The minimum atomic E-state index is -4.95. The van der Waals surface area contributed by atoms with Crippen LogP contribution in [0.4, 0.5) is 13.2 Å². The van der Waals surface area contributed by atoms with Gasteiger partial charge >= 0.3 is 16.6 Å². The first kappa shape index (κ1) is 33.6. The summed E-state index contributed by atoms with van der Waals surface area (Å²) in [6.45, 7) is 1.09. The number of hydrogen-bond donors (Lipinski definition) is 1. The fraction of sp³-hybridized carbons (Fsp3) is 0.486. The Labute approximate surface area is 283 Å². The molecule has 7 rings (SSSR count). The molecule has 1 aromatic heterocycles. The first-order chi connectivity index (χ1) is 23.2. The molecular formula is C35H40F3N5O5S. The van der Waals surface area contributed by atoms with Crippen LogP contribution in [0.5, 0.6) is 5.75 Å². The molecule has 3 aromatic rings. The lowest BCUT2D eigenvalue weighted by atomic mass is 9.81. The molecule has 2 amide bonds. The van der Waals surface area contributed by atoms with Crippen LogP contribution in [0.1, 0.15) is 72.3 Å². The van der Waals surface area contributed by atoms with E-state index in [0.29, 0.717) is 35.4 Å². The van der Waals surface area contributed by atoms with E-state index in [0.717, 1.165) is 60.2 Å². The van der Waals surface area contributed by atoms with Crippen molar-refractivity contribution in [3.8, 4) is 17.0 Å². The van der Waals surface area contributed by atoms with Gasteiger partial charge in [-0.3, -0.25) is 14.5 Å². The number of fused-ring (bicyclic) bond motifs is 7. The minimum Gasteiger partial charge on any atom is -0.405 e. The number of nitrogens with zero attached hydrogens (tertiary/aromatic N) is 4. The molecule has 262 valence electrons. The van der Waals surface area contributed by atoms with Gasteiger partial charge in [0.2, 0.25) is 0 Å². The second kappa shape index (κ2) is 12.5. The SMILES string of the molecule is CN1C2CCC1CN(C(=O)C1=Cc3c(OC(F)(F)F)cccc3-c3c(C4CCCCC4)c4ccc(C(=O)NS(=O)(=O)N(C)C)cc4n3C1)C2. The summed E-state index contributed by atoms with van der Waals surface area (Å²) in [4.78, 5) is 31.8. The normalized spacial score (nSPS) is 21.7. The quantitative estimate of drug-likeness (QED) is 0.365. The standard InChI is InChI=1S/C35H40F3N5O5S/c1-40(2)49(46,47)39-33(44)22-12-15-27-29(17-22)43-18-23(34(45)42-19-24-13-14-25(20-42)41(24)3)16-28-26(10-7-11-30(28)48-35(36,37)38)32(43)31(27)21-8-5-4-6-9-21/h7,10-12,15-17,21,24-25H,4-6,8-9,13-14,18-20H2,1-3H3,(H,39,44). The van der Waals surface area contributed by atoms with Crippen molar-refractivity contribution < 1.29 is 35.9 Å². The van der Waals surface area contributed by atoms with Gasteiger partial charge < -0.3 is 14.2 Å². The van der Waals surface area contributed by atoms with Gasteiger partial charge in [0.05, 0.1) is 12.2 Å². The molecule has 2 saturated heterocycles. The van der Waals surface area contributed by atoms with Gasteiger partial charge in [0, 0.05) is 72.4 Å². The van der Waals surface area contributed by atoms with E-state index < -0.39 is 28.2 Å². The summed E-state index contributed by atoms with van der Waals surface area (Å²) in [5, 5.41) is 0.813. The molecule has 10 nitrogen and oxygen atoms in total. The van der Waals surface area contributed by atoms with Crippen molar-refractivity contribution in [1.82, 2.24) is 23.4 Å². The molecule has 14 heteroatoms. The molecule has 2 bridgehead atoms. The van der Waals surface area contributed by atoms with Crippen LogP contribution in [0.25, 0.3) is 28.2 Å². The second-order valence-corrected chi connectivity index (χ2v) is 15.7. The Balaban J connectivity index is 1.43. The molecule has 0 spiro atoms. The highest BCUT2D eigenvalue weighted by molar-refractivity contribution is 7.87. The van der Waals surface area contributed by atoms with Crippen molar-refractivity contribution in [3.63, 3.8) is 0 Å². The molecule has 3 aliphatic heterocycles. The Morgan fingerprint density at radius 3 is 2.33 bits per heavy atom. The topological polar surface area (TPSA) is 104 Å². The Kier molecular flexibility index (Phi) is 8.55. The first-order valence-electron chi connectivity index (χ1n) is 16.7. The maximum absolute atomic E-state index is 14.4. The van der Waals surface area contributed by atoms with E-state index in [9.17, 15) is 31.2 Å². The van der Waals surface area contributed by atoms with Gasteiger partial charge in [0.15, 0.2) is 0 Å². The molecular weight excluding hydrogens is 659 g/mol. The van der Waals surface area contributed by atoms with Crippen LogP contribution in [0, 0.1) is 0 Å². The number of halogens is 3. The van der Waals surface area contributed by atoms with E-state index >= 15 is 0 Å². The molecule has 3 fully saturated rings. The number of carbonyl (C=O) groups excluding carboxylic acids is 2. The predicted molar refractivity (Wildman–Crippen MR) is 179 cm³/mol. The lowest BCUT2D eigenvalue weighted by Crippen LogP contribution is -2.54. The molecule has 2 aromatic carbocycles. The van der Waals surface area contributed by atoms with Gasteiger partial charge in [-0.25, -0.2) is 4.72 Å². The fourth-order valence-corrected chi connectivity index (χ4v) is 8.69. The molecule has 1 N–H and O–H groups in total. The third-order valence-electron chi connectivity index (χ3n) is 10.7. The first-order valence-corrected chi connectivity index (χ1v) is 18.2. The smallest absolute Gasteiger partial charge is 0.405 e. The third kappa shape index (κ3) is 6.23. The second-order valence-electron chi connectivity index (χ2n) is 13.8. The van der Waals surface area contributed by atoms with Gasteiger partial charge in [0.1, 0.15) is 5.75 Å². The van der Waals surface area contributed by atoms with Crippen LogP contribution < -0.4 is 9.46 Å². The van der Waals surface area contributed by atoms with Crippen molar-refractivity contribution in [1.29, 1.82) is 0 Å². The van der Waals surface area contributed by atoms with E-state index in [2.05, 4.69) is 21.4 Å². The largest absolute Gasteiger partial charge is 0.573 e. The van der Waals surface area contributed by atoms with E-state index in [-0.39, 0.29) is 41.6 Å². The highest BCUT2D eigenvalue weighted by atomic mass is 32.2. The van der Waals surface area contributed by atoms with Crippen molar-refractivity contribution in [2.75, 3.05) is 34.2 Å². The molecule has 2 atom stereocenters. The summed E-state index contributed by atoms with van der Waals surface area (Å²) in [5.74, 6) is -1.37. The molecule has 49 heavy (non-hydrogen) atoms. The van der Waals surface area contributed by atoms with E-state index in [4.69, 9.17) is 0 Å². The number of rotatable bonds is 6. The zero-order valence-electron chi connectivity index (χ0n) is 27.7. The molecule has 4 aliphatic rings. The number of ether oxygens (including phenoxy) is 1. The number of likely N-dealkylation sites (N-methyl/N-ethyl adjacent to an activating group) is 1. The number of likely N-dealkylation sites (tertiary alicyclic amines) is 1. The average molecular weight is 700 g/mol. The molecule has 4 heterocycles. The maximum atomic E-state index is 14.4. The number of alkyl halides is 3. The lowest BCUT2D eigenvalue weighted by Gasteiger charge is -2.39. The molecule has 2 unspecified atom stereocenters. The van der Waals surface area contributed by atoms with Crippen molar-refractivity contribution >= 4 is 39.0 Å². The van der Waals surface area contributed by atoms with Crippen LogP contribution in [0.3, 0.4) is 0 Å². The highest BCUT2D eigenvalue weighted by Crippen LogP contribution is 2.48. The van der Waals surface area contributed by atoms with Crippen LogP contribution in [0.15, 0.2) is 42.0 Å². The molecule has 1 saturated carbocycles. The van der Waals surface area contributed by atoms with Crippen molar-refractivity contribution in [2.45, 2.75) is 75.9 Å². The van der Waals surface area contributed by atoms with Crippen LogP contribution >= 0.6 is 0 Å². The van der Waals surface area contributed by atoms with Crippen LogP contribution in [-0.2, 0) is 21.5 Å². The Morgan fingerprint density at radius 2 is 1.67 bits per heavy atom. The van der Waals surface area contributed by atoms with Crippen molar-refractivity contribution in [2.24, 2.45) is 0 Å². The van der Waals surface area contributed by atoms with Gasteiger partial charge in [0.25, 0.3) is 11.8 Å². The summed E-state index contributed by atoms with van der Waals surface area (Å²) in [7, 11) is 0.614. The van der Waals surface area contributed by atoms with Gasteiger partial charge in [-0.2, -0.15) is 12.7 Å².